The molecule has 7 heteroatoms. The van der Waals surface area contributed by atoms with Crippen molar-refractivity contribution in [3.63, 3.8) is 0 Å². The van der Waals surface area contributed by atoms with Gasteiger partial charge < -0.3 is 9.73 Å². The summed E-state index contributed by atoms with van der Waals surface area (Å²) in [5.74, 6) is 0.838. The molecule has 0 unspecified atom stereocenters. The summed E-state index contributed by atoms with van der Waals surface area (Å²) in [4.78, 5) is 18.7. The van der Waals surface area contributed by atoms with Crippen LogP contribution in [0.15, 0.2) is 69.0 Å². The van der Waals surface area contributed by atoms with Crippen LogP contribution in [0.3, 0.4) is 0 Å². The SMILES string of the molecule is Cl.O=C1N=c2ccc(NCc3ccc(-c4ccccc4F)o3)cc2=N1. The normalized spacial score (nSPS) is 12.0. The van der Waals surface area contributed by atoms with Gasteiger partial charge in [0, 0.05) is 5.69 Å². The lowest BCUT2D eigenvalue weighted by Gasteiger charge is -2.04. The summed E-state index contributed by atoms with van der Waals surface area (Å²) in [6.07, 6.45) is 0. The molecule has 126 valence electrons. The summed E-state index contributed by atoms with van der Waals surface area (Å²) in [5, 5.41) is 4.31. The molecular formula is C18H13ClFN3O2. The number of carbonyl (C=O) groups is 1. The summed E-state index contributed by atoms with van der Waals surface area (Å²) < 4.78 is 19.5. The summed E-state index contributed by atoms with van der Waals surface area (Å²) in [6.45, 7) is 0.429. The van der Waals surface area contributed by atoms with Crippen LogP contribution in [0, 0.1) is 5.82 Å². The van der Waals surface area contributed by atoms with Crippen LogP contribution in [-0.2, 0) is 6.54 Å². The van der Waals surface area contributed by atoms with Gasteiger partial charge in [0.1, 0.15) is 17.3 Å². The summed E-state index contributed by atoms with van der Waals surface area (Å²) in [7, 11) is 0. The second kappa shape index (κ2) is 6.86. The largest absolute Gasteiger partial charge is 0.459 e. The van der Waals surface area contributed by atoms with E-state index < -0.39 is 6.03 Å². The predicted octanol–water partition coefficient (Wildman–Crippen LogP) is 3.49. The maximum atomic E-state index is 13.8. The third-order valence-corrected chi connectivity index (χ3v) is 3.68. The first-order valence-electron chi connectivity index (χ1n) is 7.38. The van der Waals surface area contributed by atoms with Crippen LogP contribution in [0.1, 0.15) is 5.76 Å². The number of hydrogen-bond donors (Lipinski definition) is 1. The third-order valence-electron chi connectivity index (χ3n) is 3.68. The number of halogens is 2. The number of anilines is 1. The Morgan fingerprint density at radius 1 is 1.00 bits per heavy atom. The van der Waals surface area contributed by atoms with Crippen molar-refractivity contribution >= 4 is 24.1 Å². The summed E-state index contributed by atoms with van der Waals surface area (Å²) in [5.41, 5.74) is 1.23. The number of amides is 2. The number of nitrogens with one attached hydrogen (secondary N) is 1. The molecule has 0 fully saturated rings. The molecule has 5 nitrogen and oxygen atoms in total. The van der Waals surface area contributed by atoms with Crippen molar-refractivity contribution in [2.75, 3.05) is 5.32 Å². The van der Waals surface area contributed by atoms with Gasteiger partial charge in [-0.15, -0.1) is 12.4 Å². The fourth-order valence-electron chi connectivity index (χ4n) is 2.52. The highest BCUT2D eigenvalue weighted by Crippen LogP contribution is 2.25. The number of benzene rings is 2. The van der Waals surface area contributed by atoms with E-state index in [2.05, 4.69) is 15.3 Å². The lowest BCUT2D eigenvalue weighted by Crippen LogP contribution is -2.21. The second-order valence-electron chi connectivity index (χ2n) is 5.31. The van der Waals surface area contributed by atoms with E-state index in [1.807, 2.05) is 6.07 Å². The molecule has 0 saturated carbocycles. The van der Waals surface area contributed by atoms with Crippen LogP contribution in [-0.4, -0.2) is 6.03 Å². The molecule has 0 saturated heterocycles. The molecule has 25 heavy (non-hydrogen) atoms. The highest BCUT2D eigenvalue weighted by molar-refractivity contribution is 5.85. The number of urea groups is 1. The summed E-state index contributed by atoms with van der Waals surface area (Å²) in [6, 6.07) is 14.8. The van der Waals surface area contributed by atoms with Crippen molar-refractivity contribution in [1.29, 1.82) is 0 Å². The van der Waals surface area contributed by atoms with Gasteiger partial charge in [0.25, 0.3) is 0 Å². The first-order chi connectivity index (χ1) is 11.7. The number of carbonyl (C=O) groups excluding carboxylic acids is 1. The maximum absolute atomic E-state index is 13.8. The van der Waals surface area contributed by atoms with E-state index in [4.69, 9.17) is 4.42 Å². The van der Waals surface area contributed by atoms with Gasteiger partial charge in [0.2, 0.25) is 0 Å². The maximum Gasteiger partial charge on any atom is 0.368 e. The molecule has 4 rings (SSSR count). The van der Waals surface area contributed by atoms with E-state index in [1.54, 1.807) is 42.5 Å². The Morgan fingerprint density at radius 2 is 1.80 bits per heavy atom. The minimum absolute atomic E-state index is 0. The first kappa shape index (κ1) is 16.9. The molecule has 2 aromatic carbocycles. The number of fused-ring (bicyclic) bond motifs is 1. The van der Waals surface area contributed by atoms with E-state index in [0.717, 1.165) is 5.69 Å². The number of hydrogen-bond acceptors (Lipinski definition) is 3. The van der Waals surface area contributed by atoms with Crippen LogP contribution < -0.4 is 16.0 Å². The highest BCUT2D eigenvalue weighted by atomic mass is 35.5. The highest BCUT2D eigenvalue weighted by Gasteiger charge is 2.09. The van der Waals surface area contributed by atoms with Gasteiger partial charge >= 0.3 is 6.03 Å². The van der Waals surface area contributed by atoms with Gasteiger partial charge in [0.15, 0.2) is 0 Å². The van der Waals surface area contributed by atoms with Crippen LogP contribution in [0.5, 0.6) is 0 Å². The molecule has 0 spiro atoms. The Balaban J connectivity index is 0.00000182. The molecule has 0 aliphatic carbocycles. The Morgan fingerprint density at radius 3 is 2.64 bits per heavy atom. The van der Waals surface area contributed by atoms with E-state index in [0.29, 0.717) is 34.3 Å². The molecule has 0 bridgehead atoms. The third kappa shape index (κ3) is 3.44. The minimum atomic E-state index is -0.484. The zero-order valence-corrected chi connectivity index (χ0v) is 13.7. The van der Waals surface area contributed by atoms with Gasteiger partial charge in [0.05, 0.1) is 22.8 Å². The van der Waals surface area contributed by atoms with Crippen molar-refractivity contribution in [1.82, 2.24) is 0 Å². The average molecular weight is 358 g/mol. The summed E-state index contributed by atoms with van der Waals surface area (Å²) >= 11 is 0. The van der Waals surface area contributed by atoms with E-state index in [1.165, 1.54) is 6.07 Å². The van der Waals surface area contributed by atoms with E-state index >= 15 is 0 Å². The molecular weight excluding hydrogens is 345 g/mol. The van der Waals surface area contributed by atoms with Gasteiger partial charge in [-0.3, -0.25) is 0 Å². The fraction of sp³-hybridized carbons (Fsp3) is 0.0556. The van der Waals surface area contributed by atoms with Crippen molar-refractivity contribution in [3.8, 4) is 11.3 Å². The van der Waals surface area contributed by atoms with Gasteiger partial charge in [-0.1, -0.05) is 12.1 Å². The van der Waals surface area contributed by atoms with E-state index in [-0.39, 0.29) is 18.2 Å². The van der Waals surface area contributed by atoms with Crippen molar-refractivity contribution in [3.05, 3.63) is 76.9 Å². The Kier molecular flexibility index (Phi) is 4.63. The number of nitrogens with zero attached hydrogens (tertiary/aromatic N) is 2. The van der Waals surface area contributed by atoms with Gasteiger partial charge in [-0.05, 0) is 42.5 Å². The first-order valence-corrected chi connectivity index (χ1v) is 7.38. The Labute approximate surface area is 148 Å². The molecule has 1 N–H and O–H groups in total. The molecule has 0 atom stereocenters. The number of furan rings is 1. The molecule has 1 aliphatic rings. The molecule has 1 aromatic heterocycles. The number of rotatable bonds is 4. The standard InChI is InChI=1S/C18H12FN3O2.ClH/c19-14-4-2-1-3-13(14)17-8-6-12(24-17)10-20-11-5-7-15-16(9-11)22-18(23)21-15;/h1-9,20H,10H2;1H. The van der Waals surface area contributed by atoms with Crippen molar-refractivity contribution in [2.24, 2.45) is 9.98 Å². The Hall–Kier alpha value is -2.99. The quantitative estimate of drug-likeness (QED) is 0.777. The van der Waals surface area contributed by atoms with Crippen LogP contribution in [0.2, 0.25) is 0 Å². The van der Waals surface area contributed by atoms with Crippen molar-refractivity contribution < 1.29 is 13.6 Å². The van der Waals surface area contributed by atoms with Crippen LogP contribution in [0.25, 0.3) is 11.3 Å². The van der Waals surface area contributed by atoms with Crippen LogP contribution >= 0.6 is 12.4 Å². The van der Waals surface area contributed by atoms with E-state index in [9.17, 15) is 9.18 Å². The van der Waals surface area contributed by atoms with Gasteiger partial charge in [-0.25, -0.2) is 9.18 Å². The fourth-order valence-corrected chi connectivity index (χ4v) is 2.52. The molecule has 0 radical (unpaired) electrons. The van der Waals surface area contributed by atoms with Crippen LogP contribution in [0.4, 0.5) is 14.9 Å². The second-order valence-corrected chi connectivity index (χ2v) is 5.31. The smallest absolute Gasteiger partial charge is 0.368 e. The zero-order chi connectivity index (χ0) is 16.5. The Bertz CT molecular complexity index is 1060. The topological polar surface area (TPSA) is 67.0 Å². The lowest BCUT2D eigenvalue weighted by atomic mass is 10.1. The molecule has 1 aliphatic heterocycles. The monoisotopic (exact) mass is 357 g/mol. The van der Waals surface area contributed by atoms with Gasteiger partial charge in [-0.2, -0.15) is 9.98 Å². The van der Waals surface area contributed by atoms with Crippen molar-refractivity contribution in [2.45, 2.75) is 6.54 Å². The minimum Gasteiger partial charge on any atom is -0.459 e. The average Bonchev–Trinajstić information content (AvgIpc) is 3.18. The zero-order valence-electron chi connectivity index (χ0n) is 12.9. The molecule has 2 heterocycles. The molecule has 3 aromatic rings. The lowest BCUT2D eigenvalue weighted by molar-refractivity contribution is 0.256. The predicted molar refractivity (Wildman–Crippen MR) is 92.8 cm³/mol. The molecule has 2 amide bonds.